The van der Waals surface area contributed by atoms with E-state index in [4.69, 9.17) is 0 Å². The van der Waals surface area contributed by atoms with Gasteiger partial charge in [0.1, 0.15) is 0 Å². The van der Waals surface area contributed by atoms with Crippen molar-refractivity contribution in [1.29, 1.82) is 0 Å². The fraction of sp³-hybridized carbons (Fsp3) is 0.462. The van der Waals surface area contributed by atoms with E-state index in [1.165, 1.54) is 24.6 Å². The van der Waals surface area contributed by atoms with Crippen LogP contribution < -0.4 is 0 Å². The molecule has 3 heterocycles. The van der Waals surface area contributed by atoms with Gasteiger partial charge in [-0.15, -0.1) is 0 Å². The lowest BCUT2D eigenvalue weighted by molar-refractivity contribution is -0.113. The highest BCUT2D eigenvalue weighted by atomic mass is 32.2. The summed E-state index contributed by atoms with van der Waals surface area (Å²) in [5, 5.41) is 5.06. The SMILES string of the molecule is CCn1cc(C=C2SC(N3CCCC3)=NC2=O)cn1. The van der Waals surface area contributed by atoms with Gasteiger partial charge < -0.3 is 4.90 Å². The Morgan fingerprint density at radius 3 is 2.89 bits per heavy atom. The molecule has 1 fully saturated rings. The molecule has 1 aromatic heterocycles. The minimum atomic E-state index is -0.129. The molecule has 0 bridgehead atoms. The van der Waals surface area contributed by atoms with Crippen LogP contribution in [0.3, 0.4) is 0 Å². The van der Waals surface area contributed by atoms with Gasteiger partial charge in [0.05, 0.1) is 11.1 Å². The normalized spacial score (nSPS) is 21.5. The Bertz CT molecular complexity index is 555. The Morgan fingerprint density at radius 2 is 2.21 bits per heavy atom. The Labute approximate surface area is 116 Å². The Kier molecular flexibility index (Phi) is 3.42. The first-order valence-electron chi connectivity index (χ1n) is 6.56. The van der Waals surface area contributed by atoms with Crippen LogP contribution in [0.25, 0.3) is 6.08 Å². The number of nitrogens with zero attached hydrogens (tertiary/aromatic N) is 4. The highest BCUT2D eigenvalue weighted by Crippen LogP contribution is 2.31. The molecule has 100 valence electrons. The number of aliphatic imine (C=N–C) groups is 1. The molecule has 1 saturated heterocycles. The number of likely N-dealkylation sites (tertiary alicyclic amines) is 1. The second-order valence-electron chi connectivity index (χ2n) is 4.63. The smallest absolute Gasteiger partial charge is 0.286 e. The lowest BCUT2D eigenvalue weighted by atomic mass is 10.3. The zero-order valence-corrected chi connectivity index (χ0v) is 11.7. The number of thioether (sulfide) groups is 1. The molecule has 0 aromatic carbocycles. The van der Waals surface area contributed by atoms with E-state index in [0.29, 0.717) is 4.91 Å². The molecule has 0 saturated carbocycles. The van der Waals surface area contributed by atoms with Crippen molar-refractivity contribution in [2.75, 3.05) is 13.1 Å². The van der Waals surface area contributed by atoms with Crippen molar-refractivity contribution < 1.29 is 4.79 Å². The number of carbonyl (C=O) groups is 1. The van der Waals surface area contributed by atoms with Crippen molar-refractivity contribution in [2.24, 2.45) is 4.99 Å². The Balaban J connectivity index is 1.75. The van der Waals surface area contributed by atoms with Crippen LogP contribution in [0.15, 0.2) is 22.3 Å². The van der Waals surface area contributed by atoms with Crippen molar-refractivity contribution in [1.82, 2.24) is 14.7 Å². The number of amides is 1. The quantitative estimate of drug-likeness (QED) is 0.775. The molecule has 2 aliphatic heterocycles. The molecule has 19 heavy (non-hydrogen) atoms. The average Bonchev–Trinajstić information content (AvgIpc) is 3.12. The largest absolute Gasteiger partial charge is 0.351 e. The van der Waals surface area contributed by atoms with E-state index in [0.717, 1.165) is 30.4 Å². The predicted molar refractivity (Wildman–Crippen MR) is 76.7 cm³/mol. The summed E-state index contributed by atoms with van der Waals surface area (Å²) in [6.45, 7) is 4.90. The number of rotatable bonds is 2. The van der Waals surface area contributed by atoms with Crippen LogP contribution in [0.4, 0.5) is 0 Å². The highest BCUT2D eigenvalue weighted by molar-refractivity contribution is 8.18. The minimum Gasteiger partial charge on any atom is -0.351 e. The molecule has 0 radical (unpaired) electrons. The second-order valence-corrected chi connectivity index (χ2v) is 5.64. The number of hydrogen-bond donors (Lipinski definition) is 0. The van der Waals surface area contributed by atoms with Crippen molar-refractivity contribution in [3.63, 3.8) is 0 Å². The van der Waals surface area contributed by atoms with Crippen molar-refractivity contribution in [3.8, 4) is 0 Å². The van der Waals surface area contributed by atoms with Crippen LogP contribution in [0, 0.1) is 0 Å². The van der Waals surface area contributed by atoms with Crippen LogP contribution in [0.5, 0.6) is 0 Å². The molecule has 5 nitrogen and oxygen atoms in total. The van der Waals surface area contributed by atoms with Gasteiger partial charge in [0.15, 0.2) is 5.17 Å². The summed E-state index contributed by atoms with van der Waals surface area (Å²) >= 11 is 1.48. The summed E-state index contributed by atoms with van der Waals surface area (Å²) < 4.78 is 1.85. The molecule has 3 rings (SSSR count). The van der Waals surface area contributed by atoms with Crippen molar-refractivity contribution in [2.45, 2.75) is 26.3 Å². The van der Waals surface area contributed by atoms with E-state index >= 15 is 0 Å². The maximum absolute atomic E-state index is 11.9. The van der Waals surface area contributed by atoms with Gasteiger partial charge in [-0.05, 0) is 37.6 Å². The molecule has 1 amide bonds. The zero-order valence-electron chi connectivity index (χ0n) is 10.9. The lowest BCUT2D eigenvalue weighted by Gasteiger charge is -2.14. The van der Waals surface area contributed by atoms with Crippen LogP contribution in [0.1, 0.15) is 25.3 Å². The summed E-state index contributed by atoms with van der Waals surface area (Å²) in [4.78, 5) is 18.9. The third-order valence-electron chi connectivity index (χ3n) is 3.26. The summed E-state index contributed by atoms with van der Waals surface area (Å²) in [5.74, 6) is -0.129. The summed E-state index contributed by atoms with van der Waals surface area (Å²) in [6, 6.07) is 0. The minimum absolute atomic E-state index is 0.129. The van der Waals surface area contributed by atoms with Crippen LogP contribution >= 0.6 is 11.8 Å². The predicted octanol–water partition coefficient (Wildman–Crippen LogP) is 1.97. The third kappa shape index (κ3) is 2.58. The molecule has 0 spiro atoms. The van der Waals surface area contributed by atoms with Gasteiger partial charge >= 0.3 is 0 Å². The van der Waals surface area contributed by atoms with Crippen molar-refractivity contribution >= 4 is 28.9 Å². The highest BCUT2D eigenvalue weighted by Gasteiger charge is 2.27. The van der Waals surface area contributed by atoms with E-state index < -0.39 is 0 Å². The standard InChI is InChI=1S/C13H16N4OS/c1-2-17-9-10(8-14-17)7-11-12(18)15-13(19-11)16-5-3-4-6-16/h7-9H,2-6H2,1H3. The fourth-order valence-electron chi connectivity index (χ4n) is 2.22. The van der Waals surface area contributed by atoms with Crippen LogP contribution in [-0.2, 0) is 11.3 Å². The lowest BCUT2D eigenvalue weighted by Crippen LogP contribution is -2.23. The van der Waals surface area contributed by atoms with E-state index in [2.05, 4.69) is 15.0 Å². The fourth-order valence-corrected chi connectivity index (χ4v) is 3.18. The number of amidine groups is 1. The first kappa shape index (κ1) is 12.5. The zero-order chi connectivity index (χ0) is 13.2. The summed E-state index contributed by atoms with van der Waals surface area (Å²) in [5.41, 5.74) is 0.954. The van der Waals surface area contributed by atoms with Crippen LogP contribution in [-0.4, -0.2) is 38.8 Å². The molecule has 0 atom stereocenters. The maximum atomic E-state index is 11.9. The van der Waals surface area contributed by atoms with Gasteiger partial charge in [-0.2, -0.15) is 10.1 Å². The summed E-state index contributed by atoms with van der Waals surface area (Å²) in [6.07, 6.45) is 7.97. The average molecular weight is 276 g/mol. The first-order chi connectivity index (χ1) is 9.26. The Hall–Kier alpha value is -1.56. The monoisotopic (exact) mass is 276 g/mol. The molecular weight excluding hydrogens is 260 g/mol. The number of carbonyl (C=O) groups excluding carboxylic acids is 1. The first-order valence-corrected chi connectivity index (χ1v) is 7.38. The Morgan fingerprint density at radius 1 is 1.42 bits per heavy atom. The van der Waals surface area contributed by atoms with E-state index in [1.54, 1.807) is 6.20 Å². The molecule has 2 aliphatic rings. The third-order valence-corrected chi connectivity index (χ3v) is 4.31. The van der Waals surface area contributed by atoms with Gasteiger partial charge in [0.2, 0.25) is 0 Å². The van der Waals surface area contributed by atoms with Gasteiger partial charge in [0, 0.05) is 31.4 Å². The molecular formula is C13H16N4OS. The van der Waals surface area contributed by atoms with E-state index in [9.17, 15) is 4.79 Å². The molecule has 1 aromatic rings. The van der Waals surface area contributed by atoms with Gasteiger partial charge in [-0.1, -0.05) is 0 Å². The number of aryl methyl sites for hydroxylation is 1. The topological polar surface area (TPSA) is 50.5 Å². The second kappa shape index (κ2) is 5.21. The molecule has 6 heteroatoms. The van der Waals surface area contributed by atoms with Crippen molar-refractivity contribution in [3.05, 3.63) is 22.9 Å². The van der Waals surface area contributed by atoms with Gasteiger partial charge in [-0.25, -0.2) is 0 Å². The van der Waals surface area contributed by atoms with Crippen LogP contribution in [0.2, 0.25) is 0 Å². The van der Waals surface area contributed by atoms with E-state index in [1.807, 2.05) is 23.9 Å². The molecule has 0 aliphatic carbocycles. The number of aromatic nitrogens is 2. The van der Waals surface area contributed by atoms with E-state index in [-0.39, 0.29) is 5.91 Å². The van der Waals surface area contributed by atoms with Gasteiger partial charge in [-0.3, -0.25) is 9.48 Å². The summed E-state index contributed by atoms with van der Waals surface area (Å²) in [7, 11) is 0. The molecule has 0 N–H and O–H groups in total. The van der Waals surface area contributed by atoms with Gasteiger partial charge in [0.25, 0.3) is 5.91 Å². The number of hydrogen-bond acceptors (Lipinski definition) is 4. The maximum Gasteiger partial charge on any atom is 0.286 e. The molecule has 0 unspecified atom stereocenters.